The molecule has 0 fully saturated rings. The molecule has 1 heterocycles. The Morgan fingerprint density at radius 2 is 2.11 bits per heavy atom. The van der Waals surface area contributed by atoms with Crippen molar-refractivity contribution in [1.29, 1.82) is 0 Å². The molecule has 0 saturated carbocycles. The van der Waals surface area contributed by atoms with Gasteiger partial charge >= 0.3 is 0 Å². The molecule has 2 aromatic rings. The lowest BCUT2D eigenvalue weighted by molar-refractivity contribution is 0.102. The first-order chi connectivity index (χ1) is 8.56. The predicted octanol–water partition coefficient (Wildman–Crippen LogP) is 3.54. The maximum Gasteiger partial charge on any atom is 0.255 e. The van der Waals surface area contributed by atoms with Gasteiger partial charge in [-0.15, -0.1) is 0 Å². The van der Waals surface area contributed by atoms with Crippen LogP contribution in [0.15, 0.2) is 41.0 Å². The molecule has 1 amide bonds. The van der Waals surface area contributed by atoms with E-state index in [4.69, 9.17) is 0 Å². The van der Waals surface area contributed by atoms with Crippen molar-refractivity contribution in [2.45, 2.75) is 6.92 Å². The first-order valence-electron chi connectivity index (χ1n) is 5.25. The topological polar surface area (TPSA) is 42.0 Å². The van der Waals surface area contributed by atoms with Crippen molar-refractivity contribution in [1.82, 2.24) is 4.98 Å². The zero-order valence-electron chi connectivity index (χ0n) is 9.58. The van der Waals surface area contributed by atoms with Crippen molar-refractivity contribution in [3.8, 4) is 0 Å². The van der Waals surface area contributed by atoms with Crippen LogP contribution in [-0.2, 0) is 0 Å². The monoisotopic (exact) mass is 308 g/mol. The molecular formula is C13H10BrFN2O. The third-order valence-electron chi connectivity index (χ3n) is 2.42. The van der Waals surface area contributed by atoms with Crippen LogP contribution in [0, 0.1) is 12.9 Å². The number of nitrogens with zero attached hydrogens (tertiary/aromatic N) is 1. The largest absolute Gasteiger partial charge is 0.321 e. The molecule has 0 aliphatic carbocycles. The zero-order valence-corrected chi connectivity index (χ0v) is 11.2. The number of benzene rings is 1. The number of carbonyl (C=O) groups excluding carboxylic acids is 1. The molecular weight excluding hydrogens is 299 g/mol. The molecule has 92 valence electrons. The highest BCUT2D eigenvalue weighted by Crippen LogP contribution is 2.18. The second kappa shape index (κ2) is 5.27. The Kier molecular flexibility index (Phi) is 3.72. The predicted molar refractivity (Wildman–Crippen MR) is 71.0 cm³/mol. The number of aromatic nitrogens is 1. The summed E-state index contributed by atoms with van der Waals surface area (Å²) in [6.07, 6.45) is 1.27. The minimum Gasteiger partial charge on any atom is -0.321 e. The number of pyridine rings is 1. The summed E-state index contributed by atoms with van der Waals surface area (Å²) >= 11 is 3.37. The van der Waals surface area contributed by atoms with Gasteiger partial charge in [0.25, 0.3) is 5.91 Å². The van der Waals surface area contributed by atoms with Crippen LogP contribution in [0.5, 0.6) is 0 Å². The first kappa shape index (κ1) is 12.7. The molecule has 1 aromatic carbocycles. The van der Waals surface area contributed by atoms with Gasteiger partial charge in [-0.05, 0) is 36.8 Å². The average molecular weight is 309 g/mol. The summed E-state index contributed by atoms with van der Waals surface area (Å²) in [5.41, 5.74) is 2.03. The Labute approximate surface area is 112 Å². The number of anilines is 1. The Morgan fingerprint density at radius 3 is 2.72 bits per heavy atom. The van der Waals surface area contributed by atoms with E-state index in [-0.39, 0.29) is 5.91 Å². The third-order valence-corrected chi connectivity index (χ3v) is 3.27. The highest BCUT2D eigenvalue weighted by atomic mass is 79.9. The van der Waals surface area contributed by atoms with E-state index in [1.165, 1.54) is 18.3 Å². The van der Waals surface area contributed by atoms with Crippen LogP contribution in [0.3, 0.4) is 0 Å². The van der Waals surface area contributed by atoms with Gasteiger partial charge in [-0.3, -0.25) is 4.79 Å². The molecule has 1 N–H and O–H groups in total. The summed E-state index contributed by atoms with van der Waals surface area (Å²) in [4.78, 5) is 15.4. The van der Waals surface area contributed by atoms with Gasteiger partial charge in [0.1, 0.15) is 0 Å². The number of rotatable bonds is 2. The van der Waals surface area contributed by atoms with Crippen molar-refractivity contribution in [2.24, 2.45) is 0 Å². The Balaban J connectivity index is 2.16. The van der Waals surface area contributed by atoms with Crippen LogP contribution in [0.2, 0.25) is 0 Å². The molecule has 2 rings (SSSR count). The summed E-state index contributed by atoms with van der Waals surface area (Å²) in [6.45, 7) is 1.94. The van der Waals surface area contributed by atoms with E-state index in [0.29, 0.717) is 11.3 Å². The lowest BCUT2D eigenvalue weighted by Crippen LogP contribution is -2.12. The summed E-state index contributed by atoms with van der Waals surface area (Å²) in [7, 11) is 0. The second-order valence-electron chi connectivity index (χ2n) is 3.79. The van der Waals surface area contributed by atoms with E-state index in [2.05, 4.69) is 26.2 Å². The lowest BCUT2D eigenvalue weighted by atomic mass is 10.1. The fraction of sp³-hybridized carbons (Fsp3) is 0.0769. The zero-order chi connectivity index (χ0) is 13.1. The molecule has 0 atom stereocenters. The molecule has 1 aromatic heterocycles. The molecule has 0 spiro atoms. The second-order valence-corrected chi connectivity index (χ2v) is 4.64. The molecule has 3 nitrogen and oxygen atoms in total. The molecule has 0 radical (unpaired) electrons. The van der Waals surface area contributed by atoms with E-state index in [9.17, 15) is 9.18 Å². The van der Waals surface area contributed by atoms with Crippen LogP contribution in [0.1, 0.15) is 15.9 Å². The van der Waals surface area contributed by atoms with Gasteiger partial charge in [-0.2, -0.15) is 4.39 Å². The number of hydrogen-bond acceptors (Lipinski definition) is 2. The average Bonchev–Trinajstić information content (AvgIpc) is 2.35. The minimum absolute atomic E-state index is 0.260. The molecule has 0 saturated heterocycles. The van der Waals surface area contributed by atoms with Crippen LogP contribution >= 0.6 is 15.9 Å². The summed E-state index contributed by atoms with van der Waals surface area (Å²) in [6, 6.07) is 7.97. The lowest BCUT2D eigenvalue weighted by Gasteiger charge is -2.06. The molecule has 0 aliphatic heterocycles. The molecule has 18 heavy (non-hydrogen) atoms. The third kappa shape index (κ3) is 2.92. The van der Waals surface area contributed by atoms with Crippen molar-refractivity contribution >= 4 is 27.5 Å². The van der Waals surface area contributed by atoms with Crippen LogP contribution in [0.4, 0.5) is 10.1 Å². The fourth-order valence-electron chi connectivity index (χ4n) is 1.39. The smallest absolute Gasteiger partial charge is 0.255 e. The molecule has 5 heteroatoms. The van der Waals surface area contributed by atoms with Gasteiger partial charge in [-0.25, -0.2) is 4.98 Å². The van der Waals surface area contributed by atoms with Gasteiger partial charge in [0.05, 0.1) is 11.9 Å². The highest BCUT2D eigenvalue weighted by molar-refractivity contribution is 9.10. The van der Waals surface area contributed by atoms with E-state index in [1.807, 2.05) is 13.0 Å². The minimum atomic E-state index is -0.578. The number of nitrogens with one attached hydrogen (secondary N) is 1. The van der Waals surface area contributed by atoms with Crippen molar-refractivity contribution in [3.05, 3.63) is 58.1 Å². The number of carbonyl (C=O) groups is 1. The maximum absolute atomic E-state index is 12.6. The SMILES string of the molecule is Cc1ccc(C(=O)Nc2ccc(F)nc2)cc1Br. The van der Waals surface area contributed by atoms with Crippen molar-refractivity contribution in [3.63, 3.8) is 0 Å². The van der Waals surface area contributed by atoms with Crippen molar-refractivity contribution < 1.29 is 9.18 Å². The van der Waals surface area contributed by atoms with E-state index < -0.39 is 5.95 Å². The molecule has 0 unspecified atom stereocenters. The van der Waals surface area contributed by atoms with Crippen molar-refractivity contribution in [2.75, 3.05) is 5.32 Å². The van der Waals surface area contributed by atoms with Gasteiger partial charge in [0, 0.05) is 10.0 Å². The Morgan fingerprint density at radius 1 is 1.33 bits per heavy atom. The summed E-state index contributed by atoms with van der Waals surface area (Å²) in [5.74, 6) is -0.838. The van der Waals surface area contributed by atoms with Gasteiger partial charge in [0.15, 0.2) is 0 Å². The quantitative estimate of drug-likeness (QED) is 0.862. The summed E-state index contributed by atoms with van der Waals surface area (Å²) in [5, 5.41) is 2.64. The van der Waals surface area contributed by atoms with Gasteiger partial charge in [-0.1, -0.05) is 22.0 Å². The highest BCUT2D eigenvalue weighted by Gasteiger charge is 2.07. The fourth-order valence-corrected chi connectivity index (χ4v) is 1.77. The Bertz CT molecular complexity index is 584. The number of amides is 1. The summed E-state index contributed by atoms with van der Waals surface area (Å²) < 4.78 is 13.5. The Hall–Kier alpha value is -1.75. The molecule has 0 aliphatic rings. The number of hydrogen-bond donors (Lipinski definition) is 1. The molecule has 0 bridgehead atoms. The van der Waals surface area contributed by atoms with E-state index in [1.54, 1.807) is 12.1 Å². The van der Waals surface area contributed by atoms with E-state index in [0.717, 1.165) is 10.0 Å². The number of aryl methyl sites for hydroxylation is 1. The van der Waals surface area contributed by atoms with Gasteiger partial charge < -0.3 is 5.32 Å². The van der Waals surface area contributed by atoms with Crippen LogP contribution in [-0.4, -0.2) is 10.9 Å². The van der Waals surface area contributed by atoms with Gasteiger partial charge in [0.2, 0.25) is 5.95 Å². The standard InChI is InChI=1S/C13H10BrFN2O/c1-8-2-3-9(6-11(8)14)13(18)17-10-4-5-12(15)16-7-10/h2-7H,1H3,(H,17,18). The normalized spacial score (nSPS) is 10.2. The van der Waals surface area contributed by atoms with Crippen LogP contribution in [0.25, 0.3) is 0 Å². The maximum atomic E-state index is 12.6. The number of halogens is 2. The van der Waals surface area contributed by atoms with Crippen LogP contribution < -0.4 is 5.32 Å². The van der Waals surface area contributed by atoms with E-state index >= 15 is 0 Å². The first-order valence-corrected chi connectivity index (χ1v) is 6.04.